The van der Waals surface area contributed by atoms with Gasteiger partial charge in [0.1, 0.15) is 11.3 Å². The van der Waals surface area contributed by atoms with E-state index in [2.05, 4.69) is 5.10 Å². The second kappa shape index (κ2) is 7.51. The number of phenols is 1. The Morgan fingerprint density at radius 1 is 1.25 bits per heavy atom. The molecule has 0 unspecified atom stereocenters. The fourth-order valence-corrected chi connectivity index (χ4v) is 3.15. The van der Waals surface area contributed by atoms with Gasteiger partial charge in [-0.1, -0.05) is 25.5 Å². The first-order chi connectivity index (χ1) is 13.3. The summed E-state index contributed by atoms with van der Waals surface area (Å²) in [7, 11) is 0. The number of nitrogens with zero attached hydrogens (tertiary/aromatic N) is 3. The summed E-state index contributed by atoms with van der Waals surface area (Å²) in [6.07, 6.45) is 1.20. The van der Waals surface area contributed by atoms with Crippen LogP contribution >= 0.6 is 0 Å². The van der Waals surface area contributed by atoms with Crippen LogP contribution in [-0.2, 0) is 6.42 Å². The van der Waals surface area contributed by atoms with Gasteiger partial charge in [-0.25, -0.2) is 9.48 Å². The van der Waals surface area contributed by atoms with E-state index in [4.69, 9.17) is 0 Å². The van der Waals surface area contributed by atoms with E-state index in [9.17, 15) is 25.1 Å². The Morgan fingerprint density at radius 3 is 2.57 bits per heavy atom. The third kappa shape index (κ3) is 3.44. The van der Waals surface area contributed by atoms with Gasteiger partial charge in [-0.2, -0.15) is 5.10 Å². The van der Waals surface area contributed by atoms with Gasteiger partial charge in [0.05, 0.1) is 16.3 Å². The minimum absolute atomic E-state index is 0.0246. The van der Waals surface area contributed by atoms with E-state index in [1.54, 1.807) is 4.68 Å². The van der Waals surface area contributed by atoms with Gasteiger partial charge in [0.2, 0.25) is 0 Å². The van der Waals surface area contributed by atoms with Crippen LogP contribution in [-0.4, -0.2) is 30.9 Å². The first-order valence-corrected chi connectivity index (χ1v) is 8.73. The Kier molecular flexibility index (Phi) is 5.12. The maximum atomic E-state index is 12.0. The number of carboxylic acids is 1. The van der Waals surface area contributed by atoms with Crippen LogP contribution in [0.4, 0.5) is 5.69 Å². The molecule has 3 rings (SSSR count). The molecule has 8 heteroatoms. The molecule has 0 aliphatic rings. The maximum Gasteiger partial charge on any atom is 0.339 e. The van der Waals surface area contributed by atoms with Crippen molar-refractivity contribution in [2.24, 2.45) is 0 Å². The Hall–Kier alpha value is -3.68. The van der Waals surface area contributed by atoms with E-state index in [-0.39, 0.29) is 11.3 Å². The topological polar surface area (TPSA) is 118 Å². The van der Waals surface area contributed by atoms with Crippen molar-refractivity contribution in [1.29, 1.82) is 0 Å². The number of aryl methyl sites for hydroxylation is 1. The van der Waals surface area contributed by atoms with Gasteiger partial charge in [-0.05, 0) is 43.2 Å². The molecule has 0 radical (unpaired) electrons. The molecule has 0 fully saturated rings. The van der Waals surface area contributed by atoms with Gasteiger partial charge in [-0.3, -0.25) is 10.1 Å². The molecule has 0 bridgehead atoms. The molecule has 144 valence electrons. The number of nitro groups is 1. The van der Waals surface area contributed by atoms with Gasteiger partial charge in [0.25, 0.3) is 0 Å². The Balaban J connectivity index is 2.27. The van der Waals surface area contributed by atoms with Gasteiger partial charge >= 0.3 is 11.7 Å². The van der Waals surface area contributed by atoms with Crippen LogP contribution < -0.4 is 0 Å². The van der Waals surface area contributed by atoms with E-state index in [1.807, 2.05) is 38.1 Å². The fourth-order valence-electron chi connectivity index (χ4n) is 3.15. The minimum Gasteiger partial charge on any atom is -0.502 e. The quantitative estimate of drug-likeness (QED) is 0.490. The lowest BCUT2D eigenvalue weighted by molar-refractivity contribution is -0.385. The van der Waals surface area contributed by atoms with Gasteiger partial charge in [-0.15, -0.1) is 0 Å². The van der Waals surface area contributed by atoms with Crippen molar-refractivity contribution in [1.82, 2.24) is 9.78 Å². The molecule has 8 nitrogen and oxygen atoms in total. The maximum absolute atomic E-state index is 12.0. The summed E-state index contributed by atoms with van der Waals surface area (Å²) < 4.78 is 1.59. The molecule has 0 amide bonds. The molecular weight excluding hydrogens is 362 g/mol. The highest BCUT2D eigenvalue weighted by atomic mass is 16.6. The standard InChI is InChI=1S/C20H19N3O5/c1-3-5-16-18(20(25)26)19(13-8-9-15(23(27)28)17(24)11-13)21-22(16)14-7-4-6-12(2)10-14/h4,6-11,24H,3,5H2,1-2H3,(H,25,26). The average Bonchev–Trinajstić information content (AvgIpc) is 3.01. The number of rotatable bonds is 6. The van der Waals surface area contributed by atoms with Crippen molar-refractivity contribution in [3.8, 4) is 22.7 Å². The lowest BCUT2D eigenvalue weighted by atomic mass is 10.0. The second-order valence-corrected chi connectivity index (χ2v) is 6.44. The SMILES string of the molecule is CCCc1c(C(=O)O)c(-c2ccc([N+](=O)[O-])c(O)c2)nn1-c1cccc(C)c1. The molecule has 0 aliphatic carbocycles. The predicted octanol–water partition coefficient (Wildman–Crippen LogP) is 4.11. The van der Waals surface area contributed by atoms with Crippen molar-refractivity contribution < 1.29 is 19.9 Å². The van der Waals surface area contributed by atoms with E-state index in [0.717, 1.165) is 17.3 Å². The predicted molar refractivity (Wildman–Crippen MR) is 103 cm³/mol. The summed E-state index contributed by atoms with van der Waals surface area (Å²) in [5.41, 5.74) is 2.29. The molecule has 0 spiro atoms. The summed E-state index contributed by atoms with van der Waals surface area (Å²) in [6, 6.07) is 11.2. The van der Waals surface area contributed by atoms with Crippen LogP contribution in [0.3, 0.4) is 0 Å². The molecule has 1 heterocycles. The lowest BCUT2D eigenvalue weighted by Crippen LogP contribution is -2.06. The minimum atomic E-state index is -1.14. The molecule has 2 N–H and O–H groups in total. The normalized spacial score (nSPS) is 10.8. The van der Waals surface area contributed by atoms with E-state index >= 15 is 0 Å². The highest BCUT2D eigenvalue weighted by Crippen LogP contribution is 2.34. The third-order valence-corrected chi connectivity index (χ3v) is 4.37. The van der Waals surface area contributed by atoms with Crippen LogP contribution in [0.5, 0.6) is 5.75 Å². The number of nitro benzene ring substituents is 1. The molecular formula is C20H19N3O5. The van der Waals surface area contributed by atoms with Crippen LogP contribution in [0.25, 0.3) is 16.9 Å². The molecule has 0 saturated carbocycles. The third-order valence-electron chi connectivity index (χ3n) is 4.37. The Morgan fingerprint density at radius 2 is 2.00 bits per heavy atom. The zero-order chi connectivity index (χ0) is 20.4. The first kappa shape index (κ1) is 19.1. The summed E-state index contributed by atoms with van der Waals surface area (Å²) in [5, 5.41) is 35.2. The number of aromatic nitrogens is 2. The van der Waals surface area contributed by atoms with Gasteiger partial charge in [0, 0.05) is 11.6 Å². The van der Waals surface area contributed by atoms with E-state index in [0.29, 0.717) is 24.1 Å². The second-order valence-electron chi connectivity index (χ2n) is 6.44. The molecule has 1 aromatic heterocycles. The summed E-state index contributed by atoms with van der Waals surface area (Å²) in [4.78, 5) is 22.3. The van der Waals surface area contributed by atoms with Crippen molar-refractivity contribution >= 4 is 11.7 Å². The van der Waals surface area contributed by atoms with Crippen LogP contribution in [0.2, 0.25) is 0 Å². The van der Waals surface area contributed by atoms with Crippen molar-refractivity contribution in [2.75, 3.05) is 0 Å². The zero-order valence-corrected chi connectivity index (χ0v) is 15.4. The number of carbonyl (C=O) groups is 1. The number of hydrogen-bond acceptors (Lipinski definition) is 5. The molecule has 0 saturated heterocycles. The van der Waals surface area contributed by atoms with Crippen molar-refractivity contribution in [3.63, 3.8) is 0 Å². The monoisotopic (exact) mass is 381 g/mol. The molecule has 0 atom stereocenters. The molecule has 3 aromatic rings. The van der Waals surface area contributed by atoms with Crippen molar-refractivity contribution in [3.05, 3.63) is 69.4 Å². The van der Waals surface area contributed by atoms with Crippen LogP contribution in [0.15, 0.2) is 42.5 Å². The summed E-state index contributed by atoms with van der Waals surface area (Å²) >= 11 is 0. The number of hydrogen-bond donors (Lipinski definition) is 2. The largest absolute Gasteiger partial charge is 0.502 e. The van der Waals surface area contributed by atoms with Crippen molar-refractivity contribution in [2.45, 2.75) is 26.7 Å². The Bertz CT molecular complexity index is 1070. The fraction of sp³-hybridized carbons (Fsp3) is 0.200. The molecule has 28 heavy (non-hydrogen) atoms. The number of aromatic hydroxyl groups is 1. The number of benzene rings is 2. The molecule has 2 aromatic carbocycles. The van der Waals surface area contributed by atoms with Crippen LogP contribution in [0.1, 0.15) is 35.0 Å². The smallest absolute Gasteiger partial charge is 0.339 e. The number of phenolic OH excluding ortho intramolecular Hbond substituents is 1. The summed E-state index contributed by atoms with van der Waals surface area (Å²) in [6.45, 7) is 3.87. The van der Waals surface area contributed by atoms with Gasteiger partial charge in [0.15, 0.2) is 5.75 Å². The highest BCUT2D eigenvalue weighted by molar-refractivity contribution is 5.96. The van der Waals surface area contributed by atoms with E-state index < -0.39 is 22.3 Å². The average molecular weight is 381 g/mol. The number of aromatic carboxylic acids is 1. The number of carboxylic acid groups (broad SMARTS) is 1. The zero-order valence-electron chi connectivity index (χ0n) is 15.4. The Labute approximate surface area is 160 Å². The summed E-state index contributed by atoms with van der Waals surface area (Å²) in [5.74, 6) is -1.68. The molecule has 0 aliphatic heterocycles. The first-order valence-electron chi connectivity index (χ1n) is 8.73. The lowest BCUT2D eigenvalue weighted by Gasteiger charge is -2.08. The van der Waals surface area contributed by atoms with Gasteiger partial charge < -0.3 is 10.2 Å². The van der Waals surface area contributed by atoms with E-state index in [1.165, 1.54) is 12.1 Å². The van der Waals surface area contributed by atoms with Crippen LogP contribution in [0, 0.1) is 17.0 Å². The highest BCUT2D eigenvalue weighted by Gasteiger charge is 2.26.